The number of rotatable bonds is 6. The highest BCUT2D eigenvalue weighted by molar-refractivity contribution is 6.30. The first-order chi connectivity index (χ1) is 9.47. The molecule has 0 amide bonds. The maximum absolute atomic E-state index is 9.19. The fourth-order valence-electron chi connectivity index (χ4n) is 3.13. The molecule has 112 valence electrons. The van der Waals surface area contributed by atoms with Crippen LogP contribution in [0, 0.1) is 5.41 Å². The molecule has 0 spiro atoms. The first-order valence-corrected chi connectivity index (χ1v) is 7.50. The summed E-state index contributed by atoms with van der Waals surface area (Å²) in [5, 5.41) is 13.6. The molecule has 4 heteroatoms. The van der Waals surface area contributed by atoms with E-state index < -0.39 is 0 Å². The molecule has 0 bridgehead atoms. The van der Waals surface area contributed by atoms with Crippen LogP contribution in [0.25, 0.3) is 0 Å². The number of aliphatic hydroxyl groups is 1. The van der Waals surface area contributed by atoms with Crippen LogP contribution in [0.4, 0.5) is 0 Å². The molecule has 0 heterocycles. The molecule has 0 radical (unpaired) electrons. The second-order valence-electron chi connectivity index (χ2n) is 6.27. The molecule has 0 aromatic heterocycles. The van der Waals surface area contributed by atoms with Gasteiger partial charge in [0.2, 0.25) is 0 Å². The van der Waals surface area contributed by atoms with Gasteiger partial charge in [0.05, 0.1) is 6.61 Å². The van der Waals surface area contributed by atoms with Gasteiger partial charge >= 0.3 is 0 Å². The van der Waals surface area contributed by atoms with Crippen LogP contribution in [0.2, 0.25) is 5.02 Å². The molecule has 1 aromatic rings. The average Bonchev–Trinajstić information content (AvgIpc) is 2.61. The first kappa shape index (κ1) is 15.8. The second-order valence-corrected chi connectivity index (χ2v) is 6.71. The van der Waals surface area contributed by atoms with E-state index in [1.165, 1.54) is 11.1 Å². The van der Waals surface area contributed by atoms with Gasteiger partial charge in [-0.05, 0) is 41.5 Å². The van der Waals surface area contributed by atoms with Crippen molar-refractivity contribution in [2.24, 2.45) is 5.41 Å². The van der Waals surface area contributed by atoms with Crippen LogP contribution < -0.4 is 5.32 Å². The molecule has 1 aromatic carbocycles. The molecule has 2 N–H and O–H groups in total. The molecule has 2 unspecified atom stereocenters. The lowest BCUT2D eigenvalue weighted by atomic mass is 9.85. The lowest BCUT2D eigenvalue weighted by Gasteiger charge is -2.32. The number of hydrogen-bond donors (Lipinski definition) is 2. The minimum absolute atomic E-state index is 0.133. The van der Waals surface area contributed by atoms with Crippen molar-refractivity contribution in [1.29, 1.82) is 0 Å². The predicted octanol–water partition coefficient (Wildman–Crippen LogP) is 2.95. The summed E-state index contributed by atoms with van der Waals surface area (Å²) in [6, 6.07) is 6.53. The van der Waals surface area contributed by atoms with Crippen LogP contribution in [-0.2, 0) is 11.2 Å². The molecule has 0 aliphatic heterocycles. The maximum Gasteiger partial charge on any atom is 0.0616 e. The Morgan fingerprint density at radius 2 is 2.25 bits per heavy atom. The summed E-state index contributed by atoms with van der Waals surface area (Å²) in [7, 11) is 1.69. The van der Waals surface area contributed by atoms with Gasteiger partial charge in [-0.3, -0.25) is 0 Å². The van der Waals surface area contributed by atoms with Gasteiger partial charge in [-0.25, -0.2) is 0 Å². The van der Waals surface area contributed by atoms with Crippen molar-refractivity contribution in [1.82, 2.24) is 5.32 Å². The lowest BCUT2D eigenvalue weighted by molar-refractivity contribution is 0.127. The van der Waals surface area contributed by atoms with Gasteiger partial charge in [-0.15, -0.1) is 0 Å². The quantitative estimate of drug-likeness (QED) is 0.848. The monoisotopic (exact) mass is 297 g/mol. The largest absolute Gasteiger partial charge is 0.396 e. The molecule has 0 saturated carbocycles. The summed E-state index contributed by atoms with van der Waals surface area (Å²) in [6.07, 6.45) is 1.73. The molecular formula is C16H24ClNO2. The van der Waals surface area contributed by atoms with Crippen LogP contribution >= 0.6 is 11.6 Å². The van der Waals surface area contributed by atoms with E-state index in [4.69, 9.17) is 16.3 Å². The molecule has 1 aliphatic carbocycles. The van der Waals surface area contributed by atoms with E-state index in [1.54, 1.807) is 7.11 Å². The van der Waals surface area contributed by atoms with E-state index in [-0.39, 0.29) is 24.1 Å². The van der Waals surface area contributed by atoms with Gasteiger partial charge in [0.1, 0.15) is 0 Å². The predicted molar refractivity (Wildman–Crippen MR) is 82.2 cm³/mol. The van der Waals surface area contributed by atoms with Crippen molar-refractivity contribution in [2.45, 2.75) is 38.8 Å². The molecule has 2 rings (SSSR count). The normalized spacial score (nSPS) is 21.8. The lowest BCUT2D eigenvalue weighted by Crippen LogP contribution is -2.41. The highest BCUT2D eigenvalue weighted by Gasteiger charge is 2.39. The Labute approximate surface area is 126 Å². The number of ether oxygens (including phenoxy) is 1. The molecule has 3 nitrogen and oxygen atoms in total. The molecule has 0 saturated heterocycles. The van der Waals surface area contributed by atoms with Gasteiger partial charge in [-0.1, -0.05) is 31.5 Å². The number of halogens is 1. The van der Waals surface area contributed by atoms with E-state index in [0.29, 0.717) is 13.0 Å². The van der Waals surface area contributed by atoms with Gasteiger partial charge in [0, 0.05) is 30.8 Å². The van der Waals surface area contributed by atoms with Crippen LogP contribution in [0.3, 0.4) is 0 Å². The third kappa shape index (κ3) is 3.34. The molecule has 2 atom stereocenters. The van der Waals surface area contributed by atoms with Crippen molar-refractivity contribution in [2.75, 3.05) is 20.3 Å². The van der Waals surface area contributed by atoms with Gasteiger partial charge in [0.15, 0.2) is 0 Å². The highest BCUT2D eigenvalue weighted by Crippen LogP contribution is 2.46. The SMILES string of the molecule is COCC(CCO)NC1c2cc(Cl)ccc2CC1(C)C. The number of benzene rings is 1. The summed E-state index contributed by atoms with van der Waals surface area (Å²) in [5.74, 6) is 0. The van der Waals surface area contributed by atoms with Crippen LogP contribution in [0.5, 0.6) is 0 Å². The van der Waals surface area contributed by atoms with Crippen molar-refractivity contribution in [3.05, 3.63) is 34.3 Å². The van der Waals surface area contributed by atoms with Gasteiger partial charge in [0.25, 0.3) is 0 Å². The Kier molecular flexibility index (Phi) is 5.08. The average molecular weight is 298 g/mol. The van der Waals surface area contributed by atoms with Crippen LogP contribution in [-0.4, -0.2) is 31.5 Å². The van der Waals surface area contributed by atoms with Gasteiger partial charge < -0.3 is 15.2 Å². The van der Waals surface area contributed by atoms with Crippen molar-refractivity contribution in [3.8, 4) is 0 Å². The second kappa shape index (κ2) is 6.44. The third-order valence-electron chi connectivity index (χ3n) is 4.09. The zero-order valence-corrected chi connectivity index (χ0v) is 13.2. The molecule has 20 heavy (non-hydrogen) atoms. The minimum atomic E-state index is 0.133. The van der Waals surface area contributed by atoms with Gasteiger partial charge in [-0.2, -0.15) is 0 Å². The van der Waals surface area contributed by atoms with E-state index in [0.717, 1.165) is 11.4 Å². The Morgan fingerprint density at radius 3 is 2.90 bits per heavy atom. The number of aliphatic hydroxyl groups excluding tert-OH is 1. The fraction of sp³-hybridized carbons (Fsp3) is 0.625. The molecule has 1 aliphatic rings. The van der Waals surface area contributed by atoms with E-state index in [9.17, 15) is 5.11 Å². The molecule has 0 fully saturated rings. The van der Waals surface area contributed by atoms with Crippen molar-refractivity contribution in [3.63, 3.8) is 0 Å². The first-order valence-electron chi connectivity index (χ1n) is 7.12. The fourth-order valence-corrected chi connectivity index (χ4v) is 3.31. The Hall–Kier alpha value is -0.610. The molecular weight excluding hydrogens is 274 g/mol. The number of hydrogen-bond acceptors (Lipinski definition) is 3. The van der Waals surface area contributed by atoms with Crippen molar-refractivity contribution < 1.29 is 9.84 Å². The Balaban J connectivity index is 2.23. The summed E-state index contributed by atoms with van der Waals surface area (Å²) < 4.78 is 5.25. The summed E-state index contributed by atoms with van der Waals surface area (Å²) in [6.45, 7) is 5.29. The standard InChI is InChI=1S/C16H24ClNO2/c1-16(2)9-11-4-5-12(17)8-14(11)15(16)18-13(6-7-19)10-20-3/h4-5,8,13,15,18-19H,6-7,9-10H2,1-3H3. The Morgan fingerprint density at radius 1 is 1.50 bits per heavy atom. The topological polar surface area (TPSA) is 41.5 Å². The van der Waals surface area contributed by atoms with Crippen LogP contribution in [0.1, 0.15) is 37.4 Å². The van der Waals surface area contributed by atoms with Crippen LogP contribution in [0.15, 0.2) is 18.2 Å². The van der Waals surface area contributed by atoms with E-state index in [2.05, 4.69) is 31.3 Å². The Bertz CT molecular complexity index is 456. The number of methoxy groups -OCH3 is 1. The van der Waals surface area contributed by atoms with E-state index >= 15 is 0 Å². The zero-order valence-electron chi connectivity index (χ0n) is 12.4. The van der Waals surface area contributed by atoms with Crippen molar-refractivity contribution >= 4 is 11.6 Å². The van der Waals surface area contributed by atoms with E-state index in [1.807, 2.05) is 6.07 Å². The zero-order chi connectivity index (χ0) is 14.8. The third-order valence-corrected chi connectivity index (χ3v) is 4.33. The highest BCUT2D eigenvalue weighted by atomic mass is 35.5. The summed E-state index contributed by atoms with van der Waals surface area (Å²) in [4.78, 5) is 0. The smallest absolute Gasteiger partial charge is 0.0616 e. The number of fused-ring (bicyclic) bond motifs is 1. The summed E-state index contributed by atoms with van der Waals surface area (Å²) >= 11 is 6.15. The maximum atomic E-state index is 9.19. The summed E-state index contributed by atoms with van der Waals surface area (Å²) in [5.41, 5.74) is 2.77. The minimum Gasteiger partial charge on any atom is -0.396 e. The number of nitrogens with one attached hydrogen (secondary N) is 1.